The molecule has 2 aromatic carbocycles. The van der Waals surface area contributed by atoms with Crippen LogP contribution in [0, 0.1) is 0 Å². The summed E-state index contributed by atoms with van der Waals surface area (Å²) < 4.78 is 11.1. The second kappa shape index (κ2) is 6.76. The van der Waals surface area contributed by atoms with Crippen LogP contribution in [0.1, 0.15) is 29.8 Å². The Morgan fingerprint density at radius 1 is 1.24 bits per heavy atom. The minimum absolute atomic E-state index is 0.228. The number of nitrogens with zero attached hydrogens (tertiary/aromatic N) is 1. The molecule has 1 aliphatic heterocycles. The Bertz CT molecular complexity index is 768. The third kappa shape index (κ3) is 3.46. The van der Waals surface area contributed by atoms with Crippen LogP contribution in [-0.2, 0) is 6.54 Å². The SMILES string of the molecule is COc1ccc(CN2c3cc(C(=O)CO)ccc3OCC2(C)C)cc1. The third-order valence-electron chi connectivity index (χ3n) is 4.53. The summed E-state index contributed by atoms with van der Waals surface area (Å²) in [6.07, 6.45) is 0. The number of hydrogen-bond donors (Lipinski definition) is 1. The van der Waals surface area contributed by atoms with E-state index in [1.807, 2.05) is 24.3 Å². The maximum Gasteiger partial charge on any atom is 0.188 e. The summed E-state index contributed by atoms with van der Waals surface area (Å²) >= 11 is 0. The van der Waals surface area contributed by atoms with Gasteiger partial charge in [-0.2, -0.15) is 0 Å². The fourth-order valence-corrected chi connectivity index (χ4v) is 2.99. The summed E-state index contributed by atoms with van der Waals surface area (Å²) in [7, 11) is 1.65. The van der Waals surface area contributed by atoms with Crippen molar-refractivity contribution in [2.75, 3.05) is 25.2 Å². The average molecular weight is 341 g/mol. The third-order valence-corrected chi connectivity index (χ3v) is 4.53. The highest BCUT2D eigenvalue weighted by Crippen LogP contribution is 2.40. The number of ether oxygens (including phenoxy) is 2. The van der Waals surface area contributed by atoms with Crippen molar-refractivity contribution in [1.82, 2.24) is 0 Å². The Balaban J connectivity index is 1.97. The molecule has 25 heavy (non-hydrogen) atoms. The highest BCUT2D eigenvalue weighted by atomic mass is 16.5. The topological polar surface area (TPSA) is 59.0 Å². The quantitative estimate of drug-likeness (QED) is 0.847. The van der Waals surface area contributed by atoms with E-state index >= 15 is 0 Å². The van der Waals surface area contributed by atoms with Crippen molar-refractivity contribution < 1.29 is 19.4 Å². The smallest absolute Gasteiger partial charge is 0.188 e. The van der Waals surface area contributed by atoms with Crippen molar-refractivity contribution in [3.8, 4) is 11.5 Å². The summed E-state index contributed by atoms with van der Waals surface area (Å²) in [6.45, 7) is 4.97. The summed E-state index contributed by atoms with van der Waals surface area (Å²) in [5.41, 5.74) is 2.27. The Morgan fingerprint density at radius 3 is 2.60 bits per heavy atom. The zero-order valence-electron chi connectivity index (χ0n) is 14.8. The molecule has 0 fully saturated rings. The predicted molar refractivity (Wildman–Crippen MR) is 96.6 cm³/mol. The van der Waals surface area contributed by atoms with E-state index in [1.165, 1.54) is 0 Å². The molecule has 0 saturated carbocycles. The van der Waals surface area contributed by atoms with Crippen molar-refractivity contribution in [2.24, 2.45) is 0 Å². The van der Waals surface area contributed by atoms with Crippen molar-refractivity contribution in [2.45, 2.75) is 25.9 Å². The van der Waals surface area contributed by atoms with Crippen molar-refractivity contribution in [1.29, 1.82) is 0 Å². The molecular formula is C20H23NO4. The number of benzene rings is 2. The molecule has 0 amide bonds. The standard InChI is InChI=1S/C20H23NO4/c1-20(2)13-25-19-9-6-15(18(23)12-22)10-17(19)21(20)11-14-4-7-16(24-3)8-5-14/h4-10,22H,11-13H2,1-3H3. The molecule has 0 saturated heterocycles. The van der Waals surface area contributed by atoms with Gasteiger partial charge in [0.05, 0.1) is 18.3 Å². The number of carbonyl (C=O) groups is 1. The molecule has 3 rings (SSSR count). The van der Waals surface area contributed by atoms with Gasteiger partial charge in [0.2, 0.25) is 0 Å². The van der Waals surface area contributed by atoms with Crippen molar-refractivity contribution in [3.05, 3.63) is 53.6 Å². The Morgan fingerprint density at radius 2 is 1.96 bits per heavy atom. The molecule has 0 bridgehead atoms. The van der Waals surface area contributed by atoms with E-state index < -0.39 is 6.61 Å². The molecule has 1 aliphatic rings. The highest BCUT2D eigenvalue weighted by molar-refractivity contribution is 5.98. The van der Waals surface area contributed by atoms with Gasteiger partial charge in [-0.1, -0.05) is 12.1 Å². The molecule has 2 aromatic rings. The van der Waals surface area contributed by atoms with E-state index in [0.29, 0.717) is 18.7 Å². The van der Waals surface area contributed by atoms with Gasteiger partial charge in [0, 0.05) is 12.1 Å². The molecule has 5 nitrogen and oxygen atoms in total. The predicted octanol–water partition coefficient (Wildman–Crippen LogP) is 3.05. The molecule has 0 spiro atoms. The van der Waals surface area contributed by atoms with Crippen LogP contribution in [0.15, 0.2) is 42.5 Å². The van der Waals surface area contributed by atoms with E-state index in [0.717, 1.165) is 22.7 Å². The fraction of sp³-hybridized carbons (Fsp3) is 0.350. The lowest BCUT2D eigenvalue weighted by atomic mass is 9.97. The van der Waals surface area contributed by atoms with Crippen LogP contribution in [0.5, 0.6) is 11.5 Å². The summed E-state index contributed by atoms with van der Waals surface area (Å²) in [6, 6.07) is 13.2. The number of Topliss-reactive ketones (excluding diaryl/α,β-unsaturated/α-hetero) is 1. The second-order valence-corrected chi connectivity index (χ2v) is 6.80. The van der Waals surface area contributed by atoms with E-state index in [9.17, 15) is 4.79 Å². The minimum atomic E-state index is -0.498. The highest BCUT2D eigenvalue weighted by Gasteiger charge is 2.34. The van der Waals surface area contributed by atoms with Gasteiger partial charge in [-0.05, 0) is 49.7 Å². The lowest BCUT2D eigenvalue weighted by Crippen LogP contribution is -2.51. The lowest BCUT2D eigenvalue weighted by molar-refractivity contribution is 0.0903. The molecule has 5 heteroatoms. The first kappa shape index (κ1) is 17.3. The van der Waals surface area contributed by atoms with Crippen LogP contribution in [0.25, 0.3) is 0 Å². The number of rotatable bonds is 5. The van der Waals surface area contributed by atoms with Crippen LogP contribution in [0.4, 0.5) is 5.69 Å². The van der Waals surface area contributed by atoms with Gasteiger partial charge in [-0.25, -0.2) is 0 Å². The number of carbonyl (C=O) groups excluding carboxylic acids is 1. The zero-order valence-corrected chi connectivity index (χ0v) is 14.8. The number of fused-ring (bicyclic) bond motifs is 1. The maximum absolute atomic E-state index is 11.9. The summed E-state index contributed by atoms with van der Waals surface area (Å²) in [5, 5.41) is 9.14. The summed E-state index contributed by atoms with van der Waals surface area (Å²) in [5.74, 6) is 1.28. The van der Waals surface area contributed by atoms with Gasteiger partial charge in [-0.3, -0.25) is 4.79 Å². The van der Waals surface area contributed by atoms with Gasteiger partial charge in [-0.15, -0.1) is 0 Å². The number of aliphatic hydroxyl groups is 1. The Kier molecular flexibility index (Phi) is 4.68. The maximum atomic E-state index is 11.9. The van der Waals surface area contributed by atoms with Gasteiger partial charge in [0.25, 0.3) is 0 Å². The molecule has 0 radical (unpaired) electrons. The van der Waals surface area contributed by atoms with Gasteiger partial charge in [0.1, 0.15) is 24.7 Å². The largest absolute Gasteiger partial charge is 0.497 e. The van der Waals surface area contributed by atoms with Gasteiger partial charge in [0.15, 0.2) is 5.78 Å². The van der Waals surface area contributed by atoms with Crippen molar-refractivity contribution in [3.63, 3.8) is 0 Å². The minimum Gasteiger partial charge on any atom is -0.497 e. The first-order valence-electron chi connectivity index (χ1n) is 8.26. The lowest BCUT2D eigenvalue weighted by Gasteiger charge is -2.44. The molecule has 0 aliphatic carbocycles. The molecule has 0 atom stereocenters. The molecule has 0 unspecified atom stereocenters. The van der Waals surface area contributed by atoms with Crippen LogP contribution in [-0.4, -0.2) is 36.8 Å². The number of ketones is 1. The van der Waals surface area contributed by atoms with Crippen LogP contribution in [0.2, 0.25) is 0 Å². The normalized spacial score (nSPS) is 15.3. The van der Waals surface area contributed by atoms with Gasteiger partial charge >= 0.3 is 0 Å². The average Bonchev–Trinajstić information content (AvgIpc) is 2.63. The number of methoxy groups -OCH3 is 1. The van der Waals surface area contributed by atoms with Gasteiger partial charge < -0.3 is 19.5 Å². The monoisotopic (exact) mass is 341 g/mol. The van der Waals surface area contributed by atoms with Crippen LogP contribution < -0.4 is 14.4 Å². The first-order valence-corrected chi connectivity index (χ1v) is 8.26. The Hall–Kier alpha value is -2.53. The summed E-state index contributed by atoms with van der Waals surface area (Å²) in [4.78, 5) is 14.1. The van der Waals surface area contributed by atoms with Crippen LogP contribution in [0.3, 0.4) is 0 Å². The zero-order chi connectivity index (χ0) is 18.0. The van der Waals surface area contributed by atoms with Crippen molar-refractivity contribution >= 4 is 11.5 Å². The molecule has 0 aromatic heterocycles. The van der Waals surface area contributed by atoms with E-state index in [4.69, 9.17) is 14.6 Å². The van der Waals surface area contributed by atoms with Crippen LogP contribution >= 0.6 is 0 Å². The first-order chi connectivity index (χ1) is 11.9. The second-order valence-electron chi connectivity index (χ2n) is 6.80. The number of hydrogen-bond acceptors (Lipinski definition) is 5. The molecule has 132 valence electrons. The fourth-order valence-electron chi connectivity index (χ4n) is 2.99. The number of anilines is 1. The molecular weight excluding hydrogens is 318 g/mol. The number of aliphatic hydroxyl groups excluding tert-OH is 1. The Labute approximate surface area is 147 Å². The molecule has 1 N–H and O–H groups in total. The van der Waals surface area contributed by atoms with E-state index in [-0.39, 0.29) is 11.3 Å². The molecule has 1 heterocycles. The van der Waals surface area contributed by atoms with E-state index in [1.54, 1.807) is 25.3 Å². The van der Waals surface area contributed by atoms with E-state index in [2.05, 4.69) is 18.7 Å².